The van der Waals surface area contributed by atoms with Crippen molar-refractivity contribution in [1.82, 2.24) is 4.98 Å². The number of non-ortho nitro benzene ring substituents is 1. The van der Waals surface area contributed by atoms with Crippen LogP contribution in [-0.4, -0.2) is 21.6 Å². The van der Waals surface area contributed by atoms with E-state index >= 15 is 0 Å². The minimum Gasteiger partial charge on any atom is -0.324 e. The fraction of sp³-hybridized carbons (Fsp3) is 0.0385. The van der Waals surface area contributed by atoms with Gasteiger partial charge in [-0.25, -0.2) is 4.98 Å². The number of hydrogen-bond donors (Lipinski definition) is 1. The third kappa shape index (κ3) is 5.83. The zero-order valence-electron chi connectivity index (χ0n) is 18.4. The number of rotatable bonds is 7. The average Bonchev–Trinajstić information content (AvgIpc) is 2.89. The normalized spacial score (nSPS) is 10.5. The molecule has 0 fully saturated rings. The topological polar surface area (TPSA) is 109 Å². The summed E-state index contributed by atoms with van der Waals surface area (Å²) in [4.78, 5) is 27.7. The fourth-order valence-corrected chi connectivity index (χ4v) is 4.54. The van der Waals surface area contributed by atoms with Crippen LogP contribution in [0.4, 0.5) is 11.4 Å². The van der Waals surface area contributed by atoms with Gasteiger partial charge >= 0.3 is 0 Å². The Kier molecular flexibility index (Phi) is 7.86. The van der Waals surface area contributed by atoms with Crippen LogP contribution in [0.1, 0.15) is 5.56 Å². The first-order chi connectivity index (χ1) is 17.4. The number of nitro benzene ring substituents is 1. The van der Waals surface area contributed by atoms with Crippen LogP contribution in [-0.2, 0) is 4.79 Å². The van der Waals surface area contributed by atoms with E-state index in [9.17, 15) is 20.2 Å². The molecule has 10 heteroatoms. The van der Waals surface area contributed by atoms with Gasteiger partial charge in [0.05, 0.1) is 32.6 Å². The van der Waals surface area contributed by atoms with Gasteiger partial charge in [-0.1, -0.05) is 77.4 Å². The van der Waals surface area contributed by atoms with Gasteiger partial charge in [0.1, 0.15) is 11.1 Å². The third-order valence-corrected chi connectivity index (χ3v) is 6.64. The highest BCUT2D eigenvalue weighted by Gasteiger charge is 2.18. The Hall–Kier alpha value is -3.90. The number of nitrogens with one attached hydrogen (secondary N) is 1. The number of thioether (sulfide) groups is 1. The van der Waals surface area contributed by atoms with Crippen LogP contribution in [0.25, 0.3) is 22.4 Å². The fourth-order valence-electron chi connectivity index (χ4n) is 3.39. The van der Waals surface area contributed by atoms with Crippen molar-refractivity contribution in [2.24, 2.45) is 0 Å². The Morgan fingerprint density at radius 2 is 1.75 bits per heavy atom. The van der Waals surface area contributed by atoms with Gasteiger partial charge in [-0.15, -0.1) is 0 Å². The van der Waals surface area contributed by atoms with Crippen molar-refractivity contribution in [3.05, 3.63) is 105 Å². The smallest absolute Gasteiger partial charge is 0.271 e. The molecule has 0 atom stereocenters. The number of nitrogens with zero attached hydrogens (tertiary/aromatic N) is 3. The van der Waals surface area contributed by atoms with E-state index in [2.05, 4.69) is 16.4 Å². The second-order valence-electron chi connectivity index (χ2n) is 7.48. The Labute approximate surface area is 220 Å². The molecular formula is C26H16Cl2N4O3S. The zero-order chi connectivity index (χ0) is 25.7. The number of hydrogen-bond acceptors (Lipinski definition) is 6. The van der Waals surface area contributed by atoms with Crippen LogP contribution in [0, 0.1) is 21.4 Å². The average molecular weight is 535 g/mol. The minimum atomic E-state index is -0.569. The molecule has 1 heterocycles. The number of amides is 1. The lowest BCUT2D eigenvalue weighted by Gasteiger charge is -2.13. The van der Waals surface area contributed by atoms with E-state index in [1.54, 1.807) is 12.1 Å². The molecule has 3 aromatic carbocycles. The largest absolute Gasteiger partial charge is 0.324 e. The summed E-state index contributed by atoms with van der Waals surface area (Å²) in [6.07, 6.45) is 0. The summed E-state index contributed by atoms with van der Waals surface area (Å²) in [6, 6.07) is 24.5. The SMILES string of the molecule is N#Cc1c(-c2ccccc2)cc(-c2ccc(Cl)cc2)nc1SCC(=O)Nc1ccc([N+](=O)[O-])cc1Cl. The lowest BCUT2D eigenvalue weighted by atomic mass is 9.99. The summed E-state index contributed by atoms with van der Waals surface area (Å²) < 4.78 is 0. The highest BCUT2D eigenvalue weighted by atomic mass is 35.5. The zero-order valence-corrected chi connectivity index (χ0v) is 20.8. The first-order valence-electron chi connectivity index (χ1n) is 10.5. The first-order valence-corrected chi connectivity index (χ1v) is 12.2. The van der Waals surface area contributed by atoms with Crippen molar-refractivity contribution in [1.29, 1.82) is 5.26 Å². The summed E-state index contributed by atoms with van der Waals surface area (Å²) in [7, 11) is 0. The lowest BCUT2D eigenvalue weighted by Crippen LogP contribution is -2.14. The van der Waals surface area contributed by atoms with Crippen LogP contribution < -0.4 is 5.32 Å². The molecule has 1 aromatic heterocycles. The van der Waals surface area contributed by atoms with Crippen LogP contribution >= 0.6 is 35.0 Å². The molecular weight excluding hydrogens is 519 g/mol. The van der Waals surface area contributed by atoms with E-state index in [0.29, 0.717) is 26.9 Å². The summed E-state index contributed by atoms with van der Waals surface area (Å²) in [5.74, 6) is -0.465. The maximum Gasteiger partial charge on any atom is 0.271 e. The summed E-state index contributed by atoms with van der Waals surface area (Å²) >= 11 is 13.2. The number of anilines is 1. The molecule has 7 nitrogen and oxygen atoms in total. The maximum atomic E-state index is 12.7. The Bertz CT molecular complexity index is 1490. The molecule has 0 saturated carbocycles. The van der Waals surface area contributed by atoms with E-state index in [4.69, 9.17) is 23.2 Å². The second-order valence-corrected chi connectivity index (χ2v) is 9.29. The molecule has 0 aliphatic rings. The van der Waals surface area contributed by atoms with E-state index in [1.807, 2.05) is 48.5 Å². The Morgan fingerprint density at radius 1 is 1.03 bits per heavy atom. The van der Waals surface area contributed by atoms with Crippen LogP contribution in [0.5, 0.6) is 0 Å². The van der Waals surface area contributed by atoms with Crippen LogP contribution in [0.15, 0.2) is 83.9 Å². The van der Waals surface area contributed by atoms with Crippen molar-refractivity contribution < 1.29 is 9.72 Å². The van der Waals surface area contributed by atoms with Gasteiger partial charge in [-0.05, 0) is 29.8 Å². The number of benzene rings is 3. The monoisotopic (exact) mass is 534 g/mol. The molecule has 1 N–H and O–H groups in total. The number of nitriles is 1. The molecule has 0 spiro atoms. The van der Waals surface area contributed by atoms with Gasteiger partial charge < -0.3 is 5.32 Å². The molecule has 0 aliphatic heterocycles. The van der Waals surface area contributed by atoms with Gasteiger partial charge in [0.2, 0.25) is 5.91 Å². The molecule has 178 valence electrons. The number of pyridine rings is 1. The van der Waals surface area contributed by atoms with Gasteiger partial charge in [-0.3, -0.25) is 14.9 Å². The van der Waals surface area contributed by atoms with E-state index in [0.717, 1.165) is 22.9 Å². The van der Waals surface area contributed by atoms with Crippen molar-refractivity contribution >= 4 is 52.2 Å². The quantitative estimate of drug-likeness (QED) is 0.152. The minimum absolute atomic E-state index is 0.0505. The van der Waals surface area contributed by atoms with Crippen molar-refractivity contribution in [2.45, 2.75) is 5.03 Å². The molecule has 0 radical (unpaired) electrons. The van der Waals surface area contributed by atoms with E-state index in [1.165, 1.54) is 18.2 Å². The van der Waals surface area contributed by atoms with Gasteiger partial charge in [0.15, 0.2) is 0 Å². The molecule has 0 unspecified atom stereocenters. The highest BCUT2D eigenvalue weighted by Crippen LogP contribution is 2.35. The number of halogens is 2. The van der Waals surface area contributed by atoms with Crippen molar-refractivity contribution in [2.75, 3.05) is 11.1 Å². The standard InChI is InChI=1S/C26H16Cl2N4O3S/c27-18-8-6-17(7-9-18)24-13-20(16-4-2-1-3-5-16)21(14-29)26(31-24)36-15-25(33)30-23-11-10-19(32(34)35)12-22(23)28/h1-13H,15H2,(H,30,33). The molecule has 0 saturated heterocycles. The summed E-state index contributed by atoms with van der Waals surface area (Å²) in [5, 5.41) is 24.6. The maximum absolute atomic E-state index is 12.7. The van der Waals surface area contributed by atoms with Gasteiger partial charge in [0.25, 0.3) is 5.69 Å². The molecule has 1 amide bonds. The number of nitro groups is 1. The number of carbonyl (C=O) groups is 1. The molecule has 4 aromatic rings. The number of aromatic nitrogens is 1. The van der Waals surface area contributed by atoms with Crippen LogP contribution in [0.2, 0.25) is 10.0 Å². The summed E-state index contributed by atoms with van der Waals surface area (Å²) in [6.45, 7) is 0. The predicted octanol–water partition coefficient (Wildman–Crippen LogP) is 7.23. The third-order valence-electron chi connectivity index (χ3n) is 5.10. The molecule has 4 rings (SSSR count). The highest BCUT2D eigenvalue weighted by molar-refractivity contribution is 8.00. The summed E-state index contributed by atoms with van der Waals surface area (Å²) in [5.41, 5.74) is 3.40. The van der Waals surface area contributed by atoms with E-state index in [-0.39, 0.29) is 22.2 Å². The van der Waals surface area contributed by atoms with Gasteiger partial charge in [0, 0.05) is 28.3 Å². The molecule has 0 bridgehead atoms. The predicted molar refractivity (Wildman–Crippen MR) is 142 cm³/mol. The van der Waals surface area contributed by atoms with Gasteiger partial charge in [-0.2, -0.15) is 5.26 Å². The first kappa shape index (κ1) is 25.2. The van der Waals surface area contributed by atoms with E-state index < -0.39 is 10.8 Å². The Morgan fingerprint density at radius 3 is 2.39 bits per heavy atom. The van der Waals surface area contributed by atoms with Crippen molar-refractivity contribution in [3.8, 4) is 28.5 Å². The Balaban J connectivity index is 1.64. The number of carbonyl (C=O) groups excluding carboxylic acids is 1. The van der Waals surface area contributed by atoms with Crippen LogP contribution in [0.3, 0.4) is 0 Å². The van der Waals surface area contributed by atoms with Crippen molar-refractivity contribution in [3.63, 3.8) is 0 Å². The lowest BCUT2D eigenvalue weighted by molar-refractivity contribution is -0.384. The molecule has 36 heavy (non-hydrogen) atoms. The second kappa shape index (κ2) is 11.2. The molecule has 0 aliphatic carbocycles.